The van der Waals surface area contributed by atoms with Crippen molar-refractivity contribution >= 4 is 5.82 Å². The Hall–Kier alpha value is -2.02. The van der Waals surface area contributed by atoms with Crippen molar-refractivity contribution in [1.82, 2.24) is 25.0 Å². The van der Waals surface area contributed by atoms with Gasteiger partial charge in [0, 0.05) is 24.0 Å². The molecule has 1 unspecified atom stereocenters. The van der Waals surface area contributed by atoms with Gasteiger partial charge in [-0.3, -0.25) is 0 Å². The average Bonchev–Trinajstić information content (AvgIpc) is 3.16. The highest BCUT2D eigenvalue weighted by Crippen LogP contribution is 2.33. The van der Waals surface area contributed by atoms with Crippen molar-refractivity contribution < 1.29 is 5.11 Å². The molecule has 2 aliphatic rings. The lowest BCUT2D eigenvalue weighted by Crippen LogP contribution is -2.38. The number of nitrogens with zero attached hydrogens (tertiary/aromatic N) is 6. The highest BCUT2D eigenvalue weighted by molar-refractivity contribution is 5.51. The topological polar surface area (TPSA) is 80.0 Å². The lowest BCUT2D eigenvalue weighted by molar-refractivity contribution is 0.0408. The zero-order chi connectivity index (χ0) is 15.9. The Labute approximate surface area is 135 Å². The third-order valence-electron chi connectivity index (χ3n) is 4.83. The summed E-state index contributed by atoms with van der Waals surface area (Å²) >= 11 is 0. The van der Waals surface area contributed by atoms with Crippen molar-refractivity contribution in [2.24, 2.45) is 0 Å². The Morgan fingerprint density at radius 2 is 2.13 bits per heavy atom. The van der Waals surface area contributed by atoms with Crippen molar-refractivity contribution in [2.45, 2.75) is 51.2 Å². The van der Waals surface area contributed by atoms with Gasteiger partial charge in [0.2, 0.25) is 0 Å². The minimum atomic E-state index is -0.784. The van der Waals surface area contributed by atoms with Crippen LogP contribution >= 0.6 is 0 Å². The third-order valence-corrected chi connectivity index (χ3v) is 4.83. The summed E-state index contributed by atoms with van der Waals surface area (Å²) in [6, 6.07) is 0. The van der Waals surface area contributed by atoms with Gasteiger partial charge < -0.3 is 10.0 Å². The highest BCUT2D eigenvalue weighted by atomic mass is 16.3. The normalized spacial score (nSPS) is 24.0. The number of aliphatic hydroxyl groups is 1. The maximum absolute atomic E-state index is 10.9. The number of hydrogen-bond acceptors (Lipinski definition) is 6. The fourth-order valence-electron chi connectivity index (χ4n) is 3.74. The summed E-state index contributed by atoms with van der Waals surface area (Å²) < 4.78 is 1.70. The zero-order valence-electron chi connectivity index (χ0n) is 13.4. The van der Waals surface area contributed by atoms with Gasteiger partial charge in [-0.15, -0.1) is 5.10 Å². The number of hydrogen-bond donors (Lipinski definition) is 1. The van der Waals surface area contributed by atoms with Crippen molar-refractivity contribution in [2.75, 3.05) is 18.0 Å². The first kappa shape index (κ1) is 14.6. The van der Waals surface area contributed by atoms with Crippen molar-refractivity contribution in [3.8, 4) is 0 Å². The van der Waals surface area contributed by atoms with Crippen LogP contribution in [0.4, 0.5) is 5.82 Å². The van der Waals surface area contributed by atoms with E-state index in [1.54, 1.807) is 17.1 Å². The molecule has 1 saturated heterocycles. The molecule has 1 N–H and O–H groups in total. The van der Waals surface area contributed by atoms with Gasteiger partial charge in [0.25, 0.3) is 0 Å². The second kappa shape index (κ2) is 5.56. The number of anilines is 1. The first-order valence-corrected chi connectivity index (χ1v) is 8.31. The monoisotopic (exact) mass is 314 g/mol. The van der Waals surface area contributed by atoms with Crippen LogP contribution in [-0.4, -0.2) is 48.8 Å². The van der Waals surface area contributed by atoms with E-state index in [-0.39, 0.29) is 0 Å². The zero-order valence-corrected chi connectivity index (χ0v) is 13.4. The Morgan fingerprint density at radius 1 is 1.26 bits per heavy atom. The van der Waals surface area contributed by atoms with Crippen molar-refractivity contribution in [1.29, 1.82) is 0 Å². The lowest BCUT2D eigenvalue weighted by Gasteiger charge is -2.27. The fourth-order valence-corrected chi connectivity index (χ4v) is 3.74. The summed E-state index contributed by atoms with van der Waals surface area (Å²) in [5.74, 6) is 1.86. The molecule has 4 rings (SSSR count). The van der Waals surface area contributed by atoms with Crippen molar-refractivity contribution in [3.63, 3.8) is 0 Å². The summed E-state index contributed by atoms with van der Waals surface area (Å²) in [6.07, 6.45) is 8.64. The summed E-state index contributed by atoms with van der Waals surface area (Å²) in [7, 11) is 0. The Balaban J connectivity index is 1.59. The second-order valence-electron chi connectivity index (χ2n) is 6.72. The molecule has 122 valence electrons. The van der Waals surface area contributed by atoms with E-state index < -0.39 is 5.60 Å². The van der Waals surface area contributed by atoms with E-state index in [0.717, 1.165) is 31.0 Å². The third kappa shape index (κ3) is 2.81. The molecular weight excluding hydrogens is 292 g/mol. The van der Waals surface area contributed by atoms with Gasteiger partial charge in [-0.25, -0.2) is 14.6 Å². The first-order chi connectivity index (χ1) is 11.1. The van der Waals surface area contributed by atoms with Crippen LogP contribution in [0.25, 0.3) is 0 Å². The van der Waals surface area contributed by atoms with Gasteiger partial charge in [0.1, 0.15) is 17.2 Å². The van der Waals surface area contributed by atoms with E-state index in [2.05, 4.69) is 20.2 Å². The smallest absolute Gasteiger partial charge is 0.135 e. The standard InChI is InChI=1S/C16H22N6O/c1-12-18-14-5-3-2-4-13(14)15(19-12)21-8-6-16(23,10-21)11-22-9-7-17-20-22/h7,9,23H,2-6,8,10-11H2,1H3. The number of aromatic nitrogens is 5. The van der Waals surface area contributed by atoms with E-state index in [1.807, 2.05) is 6.92 Å². The molecule has 1 aliphatic heterocycles. The average molecular weight is 314 g/mol. The molecule has 1 fully saturated rings. The molecule has 0 bridgehead atoms. The van der Waals surface area contributed by atoms with Gasteiger partial charge in [-0.1, -0.05) is 5.21 Å². The van der Waals surface area contributed by atoms with Crippen LogP contribution in [0.2, 0.25) is 0 Å². The van der Waals surface area contributed by atoms with Crippen LogP contribution < -0.4 is 4.90 Å². The molecule has 0 saturated carbocycles. The van der Waals surface area contributed by atoms with E-state index >= 15 is 0 Å². The molecule has 0 spiro atoms. The molecule has 0 aromatic carbocycles. The predicted molar refractivity (Wildman–Crippen MR) is 85.2 cm³/mol. The molecule has 1 aliphatic carbocycles. The minimum Gasteiger partial charge on any atom is -0.386 e. The quantitative estimate of drug-likeness (QED) is 0.906. The Kier molecular flexibility index (Phi) is 3.52. The largest absolute Gasteiger partial charge is 0.386 e. The molecule has 0 amide bonds. The van der Waals surface area contributed by atoms with Gasteiger partial charge in [-0.05, 0) is 39.0 Å². The molecule has 7 nitrogen and oxygen atoms in total. The highest BCUT2D eigenvalue weighted by Gasteiger charge is 2.38. The number of rotatable bonds is 3. The summed E-state index contributed by atoms with van der Waals surface area (Å²) in [5, 5.41) is 18.7. The van der Waals surface area contributed by atoms with Gasteiger partial charge in [0.05, 0.1) is 19.3 Å². The van der Waals surface area contributed by atoms with Gasteiger partial charge in [-0.2, -0.15) is 0 Å². The predicted octanol–water partition coefficient (Wildman–Crippen LogP) is 0.897. The molecular formula is C16H22N6O. The van der Waals surface area contributed by atoms with Crippen LogP contribution in [0.5, 0.6) is 0 Å². The molecule has 1 atom stereocenters. The van der Waals surface area contributed by atoms with Crippen LogP contribution in [0.1, 0.15) is 36.3 Å². The summed E-state index contributed by atoms with van der Waals surface area (Å²) in [6.45, 7) is 3.82. The molecule has 2 aromatic rings. The van der Waals surface area contributed by atoms with Gasteiger partial charge >= 0.3 is 0 Å². The van der Waals surface area contributed by atoms with Crippen LogP contribution in [0.3, 0.4) is 0 Å². The van der Waals surface area contributed by atoms with Crippen LogP contribution in [0, 0.1) is 6.92 Å². The number of aryl methyl sites for hydroxylation is 2. The van der Waals surface area contributed by atoms with Gasteiger partial charge in [0.15, 0.2) is 0 Å². The first-order valence-electron chi connectivity index (χ1n) is 8.31. The molecule has 7 heteroatoms. The number of β-amino-alcohol motifs (C(OH)–C–C–N with tert-alkyl or cyclic N) is 1. The SMILES string of the molecule is Cc1nc2c(c(N3CCC(O)(Cn4ccnn4)C3)n1)CCCC2. The summed E-state index contributed by atoms with van der Waals surface area (Å²) in [5.41, 5.74) is 1.70. The second-order valence-corrected chi connectivity index (χ2v) is 6.72. The van der Waals surface area contributed by atoms with E-state index in [9.17, 15) is 5.11 Å². The van der Waals surface area contributed by atoms with E-state index in [1.165, 1.54) is 24.1 Å². The van der Waals surface area contributed by atoms with Crippen molar-refractivity contribution in [3.05, 3.63) is 29.5 Å². The van der Waals surface area contributed by atoms with Crippen LogP contribution in [0.15, 0.2) is 12.4 Å². The molecule has 2 aromatic heterocycles. The Bertz CT molecular complexity index is 701. The molecule has 3 heterocycles. The molecule has 0 radical (unpaired) electrons. The fraction of sp³-hybridized carbons (Fsp3) is 0.625. The van der Waals surface area contributed by atoms with E-state index in [0.29, 0.717) is 19.5 Å². The Morgan fingerprint density at radius 3 is 2.96 bits per heavy atom. The van der Waals surface area contributed by atoms with E-state index in [4.69, 9.17) is 4.98 Å². The molecule has 23 heavy (non-hydrogen) atoms. The van der Waals surface area contributed by atoms with Crippen LogP contribution in [-0.2, 0) is 19.4 Å². The lowest BCUT2D eigenvalue weighted by atomic mass is 9.96. The maximum atomic E-state index is 10.9. The summed E-state index contributed by atoms with van der Waals surface area (Å²) in [4.78, 5) is 11.5. The number of fused-ring (bicyclic) bond motifs is 1. The minimum absolute atomic E-state index is 0.468. The maximum Gasteiger partial charge on any atom is 0.135 e.